The summed E-state index contributed by atoms with van der Waals surface area (Å²) in [6.07, 6.45) is 0. The molecule has 0 bridgehead atoms. The van der Waals surface area contributed by atoms with Gasteiger partial charge in [-0.15, -0.1) is 10.2 Å². The zero-order valence-corrected chi connectivity index (χ0v) is 10.7. The van der Waals surface area contributed by atoms with E-state index >= 15 is 0 Å². The molecule has 0 radical (unpaired) electrons. The Balaban J connectivity index is 2.33. The molecule has 1 N–H and O–H groups in total. The van der Waals surface area contributed by atoms with Gasteiger partial charge in [0, 0.05) is 10.6 Å². The Morgan fingerprint density at radius 1 is 1.35 bits per heavy atom. The molecule has 1 heterocycles. The van der Waals surface area contributed by atoms with Gasteiger partial charge < -0.3 is 9.73 Å². The van der Waals surface area contributed by atoms with Crippen LogP contribution in [-0.2, 0) is 0 Å². The SMILES string of the molecule is CNC(C)c1nnc(-c2ccc(C)c(Cl)c2)o1. The van der Waals surface area contributed by atoms with Crippen molar-refractivity contribution in [2.75, 3.05) is 7.05 Å². The number of hydrogen-bond acceptors (Lipinski definition) is 4. The lowest BCUT2D eigenvalue weighted by atomic mass is 10.1. The number of halogens is 1. The van der Waals surface area contributed by atoms with E-state index in [0.717, 1.165) is 11.1 Å². The number of benzene rings is 1. The van der Waals surface area contributed by atoms with E-state index in [2.05, 4.69) is 15.5 Å². The molecule has 0 saturated heterocycles. The van der Waals surface area contributed by atoms with E-state index in [0.29, 0.717) is 16.8 Å². The lowest BCUT2D eigenvalue weighted by Crippen LogP contribution is -2.12. The monoisotopic (exact) mass is 251 g/mol. The fraction of sp³-hybridized carbons (Fsp3) is 0.333. The van der Waals surface area contributed by atoms with Crippen molar-refractivity contribution in [2.24, 2.45) is 0 Å². The fourth-order valence-electron chi connectivity index (χ4n) is 1.38. The summed E-state index contributed by atoms with van der Waals surface area (Å²) in [4.78, 5) is 0. The van der Waals surface area contributed by atoms with E-state index in [4.69, 9.17) is 16.0 Å². The molecule has 2 aromatic rings. The summed E-state index contributed by atoms with van der Waals surface area (Å²) in [5.74, 6) is 1.06. The van der Waals surface area contributed by atoms with Gasteiger partial charge in [0.05, 0.1) is 6.04 Å². The maximum atomic E-state index is 6.06. The third-order valence-corrected chi connectivity index (χ3v) is 3.07. The highest BCUT2D eigenvalue weighted by molar-refractivity contribution is 6.31. The molecule has 17 heavy (non-hydrogen) atoms. The summed E-state index contributed by atoms with van der Waals surface area (Å²) in [6.45, 7) is 3.91. The lowest BCUT2D eigenvalue weighted by molar-refractivity contribution is 0.441. The minimum Gasteiger partial charge on any atom is -0.419 e. The topological polar surface area (TPSA) is 51.0 Å². The first kappa shape index (κ1) is 12.1. The summed E-state index contributed by atoms with van der Waals surface area (Å²) in [5, 5.41) is 11.7. The van der Waals surface area contributed by atoms with Crippen LogP contribution in [-0.4, -0.2) is 17.2 Å². The quantitative estimate of drug-likeness (QED) is 0.911. The van der Waals surface area contributed by atoms with Crippen molar-refractivity contribution in [1.82, 2.24) is 15.5 Å². The van der Waals surface area contributed by atoms with E-state index in [1.54, 1.807) is 0 Å². The van der Waals surface area contributed by atoms with Crippen molar-refractivity contribution in [2.45, 2.75) is 19.9 Å². The van der Waals surface area contributed by atoms with Gasteiger partial charge in [-0.05, 0) is 38.6 Å². The van der Waals surface area contributed by atoms with Crippen LogP contribution in [0.2, 0.25) is 5.02 Å². The molecule has 1 unspecified atom stereocenters. The summed E-state index contributed by atoms with van der Waals surface area (Å²) in [7, 11) is 1.84. The van der Waals surface area contributed by atoms with Crippen LogP contribution in [0.25, 0.3) is 11.5 Å². The molecule has 1 aromatic heterocycles. The maximum Gasteiger partial charge on any atom is 0.247 e. The lowest BCUT2D eigenvalue weighted by Gasteiger charge is -2.02. The van der Waals surface area contributed by atoms with Gasteiger partial charge in [0.2, 0.25) is 11.8 Å². The second kappa shape index (κ2) is 4.85. The first-order valence-corrected chi connectivity index (χ1v) is 5.77. The van der Waals surface area contributed by atoms with Crippen LogP contribution in [0.1, 0.15) is 24.4 Å². The van der Waals surface area contributed by atoms with Crippen molar-refractivity contribution in [3.05, 3.63) is 34.7 Å². The van der Waals surface area contributed by atoms with Gasteiger partial charge in [-0.3, -0.25) is 0 Å². The van der Waals surface area contributed by atoms with E-state index in [1.165, 1.54) is 0 Å². The Kier molecular flexibility index (Phi) is 3.45. The number of rotatable bonds is 3. The summed E-state index contributed by atoms with van der Waals surface area (Å²) in [6, 6.07) is 5.72. The first-order chi connectivity index (χ1) is 8.11. The molecule has 4 nitrogen and oxygen atoms in total. The number of nitrogens with one attached hydrogen (secondary N) is 1. The van der Waals surface area contributed by atoms with Crippen LogP contribution in [0, 0.1) is 6.92 Å². The van der Waals surface area contributed by atoms with Crippen molar-refractivity contribution in [1.29, 1.82) is 0 Å². The normalized spacial score (nSPS) is 12.7. The maximum absolute atomic E-state index is 6.06. The number of aromatic nitrogens is 2. The molecule has 0 amide bonds. The Labute approximate surface area is 105 Å². The highest BCUT2D eigenvalue weighted by Crippen LogP contribution is 2.25. The molecule has 5 heteroatoms. The summed E-state index contributed by atoms with van der Waals surface area (Å²) >= 11 is 6.06. The molecular weight excluding hydrogens is 238 g/mol. The van der Waals surface area contributed by atoms with Crippen LogP contribution >= 0.6 is 11.6 Å². The largest absolute Gasteiger partial charge is 0.419 e. The minimum atomic E-state index is 0.0390. The Morgan fingerprint density at radius 2 is 2.12 bits per heavy atom. The van der Waals surface area contributed by atoms with E-state index in [-0.39, 0.29) is 6.04 Å². The second-order valence-electron chi connectivity index (χ2n) is 3.92. The van der Waals surface area contributed by atoms with Gasteiger partial charge in [-0.25, -0.2) is 0 Å². The van der Waals surface area contributed by atoms with Gasteiger partial charge in [-0.1, -0.05) is 17.7 Å². The molecule has 0 aliphatic carbocycles. The van der Waals surface area contributed by atoms with Crippen molar-refractivity contribution in [3.8, 4) is 11.5 Å². The Bertz CT molecular complexity index is 524. The summed E-state index contributed by atoms with van der Waals surface area (Å²) in [5.41, 5.74) is 1.86. The van der Waals surface area contributed by atoms with Gasteiger partial charge >= 0.3 is 0 Å². The molecule has 0 aliphatic rings. The molecular formula is C12H14ClN3O. The molecule has 0 fully saturated rings. The Hall–Kier alpha value is -1.39. The van der Waals surface area contributed by atoms with Crippen molar-refractivity contribution in [3.63, 3.8) is 0 Å². The molecule has 0 saturated carbocycles. The van der Waals surface area contributed by atoms with Crippen molar-refractivity contribution < 1.29 is 4.42 Å². The third-order valence-electron chi connectivity index (χ3n) is 2.66. The standard InChI is InChI=1S/C12H14ClN3O/c1-7-4-5-9(6-10(7)13)12-16-15-11(17-12)8(2)14-3/h4-6,8,14H,1-3H3. The number of hydrogen-bond donors (Lipinski definition) is 1. The minimum absolute atomic E-state index is 0.0390. The van der Waals surface area contributed by atoms with Gasteiger partial charge in [0.25, 0.3) is 0 Å². The first-order valence-electron chi connectivity index (χ1n) is 5.39. The molecule has 0 aliphatic heterocycles. The Morgan fingerprint density at radius 3 is 2.76 bits per heavy atom. The average Bonchev–Trinajstić information content (AvgIpc) is 2.81. The zero-order chi connectivity index (χ0) is 12.4. The van der Waals surface area contributed by atoms with Crippen LogP contribution in [0.3, 0.4) is 0 Å². The van der Waals surface area contributed by atoms with Crippen LogP contribution in [0.4, 0.5) is 0 Å². The average molecular weight is 252 g/mol. The predicted molar refractivity (Wildman–Crippen MR) is 67.0 cm³/mol. The van der Waals surface area contributed by atoms with Crippen LogP contribution in [0.5, 0.6) is 0 Å². The molecule has 1 atom stereocenters. The summed E-state index contributed by atoms with van der Waals surface area (Å²) < 4.78 is 5.57. The number of aryl methyl sites for hydroxylation is 1. The predicted octanol–water partition coefficient (Wildman–Crippen LogP) is 2.98. The molecule has 0 spiro atoms. The molecule has 1 aromatic carbocycles. The molecule has 2 rings (SSSR count). The van der Waals surface area contributed by atoms with Gasteiger partial charge in [-0.2, -0.15) is 0 Å². The van der Waals surface area contributed by atoms with Crippen LogP contribution in [0.15, 0.2) is 22.6 Å². The van der Waals surface area contributed by atoms with E-state index < -0.39 is 0 Å². The zero-order valence-electron chi connectivity index (χ0n) is 9.99. The molecule has 90 valence electrons. The highest BCUT2D eigenvalue weighted by Gasteiger charge is 2.13. The van der Waals surface area contributed by atoms with Crippen molar-refractivity contribution >= 4 is 11.6 Å². The van der Waals surface area contributed by atoms with E-state index in [1.807, 2.05) is 39.1 Å². The highest BCUT2D eigenvalue weighted by atomic mass is 35.5. The van der Waals surface area contributed by atoms with Gasteiger partial charge in [0.1, 0.15) is 0 Å². The third kappa shape index (κ3) is 2.48. The second-order valence-corrected chi connectivity index (χ2v) is 4.33. The van der Waals surface area contributed by atoms with E-state index in [9.17, 15) is 0 Å². The van der Waals surface area contributed by atoms with Crippen LogP contribution < -0.4 is 5.32 Å². The van der Waals surface area contributed by atoms with Gasteiger partial charge in [0.15, 0.2) is 0 Å². The fourth-order valence-corrected chi connectivity index (χ4v) is 1.56. The smallest absolute Gasteiger partial charge is 0.247 e. The number of nitrogens with zero attached hydrogens (tertiary/aromatic N) is 2.